The summed E-state index contributed by atoms with van der Waals surface area (Å²) in [7, 11) is 0. The van der Waals surface area contributed by atoms with Crippen LogP contribution in [0.5, 0.6) is 0 Å². The van der Waals surface area contributed by atoms with Crippen LogP contribution in [0.25, 0.3) is 5.57 Å². The maximum Gasteiger partial charge on any atom is 0.269 e. The SMILES string of the molecule is CCCCCCN1C(=O)C(SCc2ccco2)=C(c2ccc([N+](=O)[O-])cc2)C1=O. The molecule has 0 fully saturated rings. The van der Waals surface area contributed by atoms with Crippen molar-refractivity contribution in [2.24, 2.45) is 0 Å². The molecule has 0 unspecified atom stereocenters. The summed E-state index contributed by atoms with van der Waals surface area (Å²) in [5.41, 5.74) is 0.747. The smallest absolute Gasteiger partial charge is 0.269 e. The Morgan fingerprint density at radius 1 is 1.07 bits per heavy atom. The van der Waals surface area contributed by atoms with Crippen molar-refractivity contribution in [3.63, 3.8) is 0 Å². The summed E-state index contributed by atoms with van der Waals surface area (Å²) in [6.07, 6.45) is 5.39. The van der Waals surface area contributed by atoms with Crippen LogP contribution < -0.4 is 0 Å². The number of unbranched alkanes of at least 4 members (excludes halogenated alkanes) is 3. The van der Waals surface area contributed by atoms with Crippen molar-refractivity contribution in [3.05, 3.63) is 69.0 Å². The lowest BCUT2D eigenvalue weighted by molar-refractivity contribution is -0.384. The van der Waals surface area contributed by atoms with Crippen molar-refractivity contribution >= 4 is 34.8 Å². The first kappa shape index (κ1) is 20.9. The van der Waals surface area contributed by atoms with E-state index in [4.69, 9.17) is 4.42 Å². The summed E-state index contributed by atoms with van der Waals surface area (Å²) in [6.45, 7) is 2.47. The number of nitro benzene ring substituents is 1. The number of furan rings is 1. The first-order chi connectivity index (χ1) is 14.0. The van der Waals surface area contributed by atoms with Gasteiger partial charge in [0.25, 0.3) is 17.5 Å². The van der Waals surface area contributed by atoms with E-state index >= 15 is 0 Å². The van der Waals surface area contributed by atoms with Crippen LogP contribution in [0.15, 0.2) is 52.0 Å². The van der Waals surface area contributed by atoms with E-state index in [0.29, 0.717) is 34.1 Å². The third-order valence-corrected chi connectivity index (χ3v) is 5.76. The lowest BCUT2D eigenvalue weighted by Gasteiger charge is -2.14. The molecule has 0 spiro atoms. The highest BCUT2D eigenvalue weighted by Gasteiger charge is 2.38. The predicted octanol–water partition coefficient (Wildman–Crippen LogP) is 4.78. The van der Waals surface area contributed by atoms with Crippen LogP contribution in [0.4, 0.5) is 5.69 Å². The standard InChI is InChI=1S/C21H22N2O5S/c1-2-3-4-5-12-22-20(24)18(15-8-10-16(11-9-15)23(26)27)19(21(22)25)29-14-17-7-6-13-28-17/h6-11,13H,2-5,12,14H2,1H3. The maximum atomic E-state index is 13.0. The highest BCUT2D eigenvalue weighted by molar-refractivity contribution is 8.03. The fraction of sp³-hybridized carbons (Fsp3) is 0.333. The molecule has 1 aromatic carbocycles. The average Bonchev–Trinajstić information content (AvgIpc) is 3.31. The second-order valence-corrected chi connectivity index (χ2v) is 7.68. The molecule has 0 radical (unpaired) electrons. The van der Waals surface area contributed by atoms with Gasteiger partial charge in [-0.15, -0.1) is 11.8 Å². The van der Waals surface area contributed by atoms with E-state index in [9.17, 15) is 19.7 Å². The van der Waals surface area contributed by atoms with Gasteiger partial charge in [-0.05, 0) is 36.2 Å². The van der Waals surface area contributed by atoms with Crippen LogP contribution in [0.3, 0.4) is 0 Å². The molecule has 7 nitrogen and oxygen atoms in total. The molecule has 0 aliphatic carbocycles. The summed E-state index contributed by atoms with van der Waals surface area (Å²) in [5.74, 6) is 0.465. The van der Waals surface area contributed by atoms with Gasteiger partial charge in [-0.2, -0.15) is 0 Å². The quantitative estimate of drug-likeness (QED) is 0.240. The largest absolute Gasteiger partial charge is 0.468 e. The van der Waals surface area contributed by atoms with Gasteiger partial charge < -0.3 is 4.42 Å². The lowest BCUT2D eigenvalue weighted by atomic mass is 10.1. The van der Waals surface area contributed by atoms with Gasteiger partial charge in [0.1, 0.15) is 5.76 Å². The van der Waals surface area contributed by atoms with Crippen molar-refractivity contribution in [2.75, 3.05) is 6.54 Å². The van der Waals surface area contributed by atoms with E-state index < -0.39 is 4.92 Å². The van der Waals surface area contributed by atoms with Crippen molar-refractivity contribution < 1.29 is 18.9 Å². The van der Waals surface area contributed by atoms with Crippen LogP contribution >= 0.6 is 11.8 Å². The van der Waals surface area contributed by atoms with Gasteiger partial charge in [-0.3, -0.25) is 24.6 Å². The normalized spacial score (nSPS) is 14.2. The van der Waals surface area contributed by atoms with Crippen molar-refractivity contribution in [2.45, 2.75) is 38.4 Å². The number of imide groups is 1. The van der Waals surface area contributed by atoms with Crippen LogP contribution in [-0.2, 0) is 15.3 Å². The fourth-order valence-electron chi connectivity index (χ4n) is 3.13. The third kappa shape index (κ3) is 4.76. The maximum absolute atomic E-state index is 13.0. The highest BCUT2D eigenvalue weighted by atomic mass is 32.2. The molecule has 2 aromatic rings. The Kier molecular flexibility index (Phi) is 6.87. The monoisotopic (exact) mass is 414 g/mol. The van der Waals surface area contributed by atoms with Crippen molar-refractivity contribution in [1.82, 2.24) is 4.90 Å². The summed E-state index contributed by atoms with van der Waals surface area (Å²) in [4.78, 5) is 38.1. The lowest BCUT2D eigenvalue weighted by Crippen LogP contribution is -2.32. The molecule has 3 rings (SSSR count). The zero-order chi connectivity index (χ0) is 20.8. The molecule has 1 aliphatic rings. The van der Waals surface area contributed by atoms with E-state index in [1.54, 1.807) is 12.3 Å². The van der Waals surface area contributed by atoms with Gasteiger partial charge in [-0.25, -0.2) is 0 Å². The fourth-order valence-corrected chi connectivity index (χ4v) is 4.16. The minimum Gasteiger partial charge on any atom is -0.468 e. The molecular weight excluding hydrogens is 392 g/mol. The number of nitrogens with zero attached hydrogens (tertiary/aromatic N) is 2. The zero-order valence-electron chi connectivity index (χ0n) is 16.1. The topological polar surface area (TPSA) is 93.7 Å². The molecule has 0 bridgehead atoms. The van der Waals surface area contributed by atoms with Crippen molar-refractivity contribution in [1.29, 1.82) is 0 Å². The van der Waals surface area contributed by atoms with Gasteiger partial charge >= 0.3 is 0 Å². The summed E-state index contributed by atoms with van der Waals surface area (Å²) < 4.78 is 5.33. The van der Waals surface area contributed by atoms with E-state index in [1.165, 1.54) is 40.9 Å². The molecule has 2 amide bonds. The number of hydrogen-bond acceptors (Lipinski definition) is 6. The molecule has 0 saturated carbocycles. The molecule has 0 saturated heterocycles. The Balaban J connectivity index is 1.87. The van der Waals surface area contributed by atoms with Crippen LogP contribution in [0, 0.1) is 10.1 Å². The van der Waals surface area contributed by atoms with Gasteiger partial charge in [-0.1, -0.05) is 26.2 Å². The molecular formula is C21H22N2O5S. The van der Waals surface area contributed by atoms with Gasteiger partial charge in [0, 0.05) is 18.7 Å². The predicted molar refractivity (Wildman–Crippen MR) is 111 cm³/mol. The van der Waals surface area contributed by atoms with Gasteiger partial charge in [0.2, 0.25) is 0 Å². The second-order valence-electron chi connectivity index (χ2n) is 6.70. The molecule has 29 heavy (non-hydrogen) atoms. The second kappa shape index (κ2) is 9.56. The zero-order valence-corrected chi connectivity index (χ0v) is 16.9. The number of nitro groups is 1. The van der Waals surface area contributed by atoms with Gasteiger partial charge in [0.05, 0.1) is 27.4 Å². The average molecular weight is 414 g/mol. The molecule has 2 heterocycles. The van der Waals surface area contributed by atoms with Crippen LogP contribution in [0.1, 0.15) is 43.9 Å². The minimum absolute atomic E-state index is 0.0627. The van der Waals surface area contributed by atoms with E-state index in [0.717, 1.165) is 25.7 Å². The number of benzene rings is 1. The van der Waals surface area contributed by atoms with Crippen LogP contribution in [-0.4, -0.2) is 28.2 Å². The first-order valence-electron chi connectivity index (χ1n) is 9.53. The Labute approximate surface area is 172 Å². The number of carbonyl (C=O) groups excluding carboxylic acids is 2. The molecule has 0 atom stereocenters. The summed E-state index contributed by atoms with van der Waals surface area (Å²) in [6, 6.07) is 9.31. The Hall–Kier alpha value is -2.87. The Morgan fingerprint density at radius 3 is 2.45 bits per heavy atom. The number of carbonyl (C=O) groups is 2. The number of non-ortho nitro benzene ring substituents is 1. The molecule has 1 aliphatic heterocycles. The molecule has 8 heteroatoms. The number of amides is 2. The molecule has 1 aromatic heterocycles. The van der Waals surface area contributed by atoms with Crippen LogP contribution in [0.2, 0.25) is 0 Å². The molecule has 152 valence electrons. The minimum atomic E-state index is -0.494. The number of thioether (sulfide) groups is 1. The number of rotatable bonds is 10. The third-order valence-electron chi connectivity index (χ3n) is 4.67. The summed E-state index contributed by atoms with van der Waals surface area (Å²) >= 11 is 1.25. The summed E-state index contributed by atoms with van der Waals surface area (Å²) in [5, 5.41) is 10.9. The van der Waals surface area contributed by atoms with E-state index in [1.807, 2.05) is 6.07 Å². The Morgan fingerprint density at radius 2 is 1.83 bits per heavy atom. The first-order valence-corrected chi connectivity index (χ1v) is 10.5. The van der Waals surface area contributed by atoms with E-state index in [2.05, 4.69) is 6.92 Å². The van der Waals surface area contributed by atoms with Gasteiger partial charge in [0.15, 0.2) is 0 Å². The highest BCUT2D eigenvalue weighted by Crippen LogP contribution is 2.38. The van der Waals surface area contributed by atoms with Crippen molar-refractivity contribution in [3.8, 4) is 0 Å². The molecule has 0 N–H and O–H groups in total. The number of hydrogen-bond donors (Lipinski definition) is 0. The van der Waals surface area contributed by atoms with E-state index in [-0.39, 0.29) is 17.5 Å². The Bertz CT molecular complexity index is 919.